The Morgan fingerprint density at radius 3 is 2.78 bits per heavy atom. The largest absolute Gasteiger partial charge is 0.376 e. The van der Waals surface area contributed by atoms with Gasteiger partial charge >= 0.3 is 0 Å². The molecule has 0 radical (unpaired) electrons. The molecule has 0 aliphatic carbocycles. The van der Waals surface area contributed by atoms with Crippen LogP contribution in [0, 0.1) is 0 Å². The summed E-state index contributed by atoms with van der Waals surface area (Å²) >= 11 is 5.86. The van der Waals surface area contributed by atoms with E-state index < -0.39 is 0 Å². The van der Waals surface area contributed by atoms with Crippen molar-refractivity contribution >= 4 is 17.3 Å². The van der Waals surface area contributed by atoms with Crippen molar-refractivity contribution in [2.45, 2.75) is 6.54 Å². The molecular formula is C12H13ClN4O. The molecule has 0 aromatic carbocycles. The smallest absolute Gasteiger partial charge is 0.269 e. The monoisotopic (exact) mass is 264 g/mol. The van der Waals surface area contributed by atoms with Crippen LogP contribution in [0.2, 0.25) is 5.02 Å². The molecule has 0 bridgehead atoms. The molecule has 2 rings (SSSR count). The van der Waals surface area contributed by atoms with Gasteiger partial charge in [-0.1, -0.05) is 11.6 Å². The van der Waals surface area contributed by atoms with Crippen molar-refractivity contribution in [3.8, 4) is 0 Å². The van der Waals surface area contributed by atoms with E-state index in [0.717, 1.165) is 5.69 Å². The molecule has 18 heavy (non-hydrogen) atoms. The fraction of sp³-hybridized carbons (Fsp3) is 0.250. The van der Waals surface area contributed by atoms with Gasteiger partial charge in [-0.2, -0.15) is 5.10 Å². The standard InChI is InChI=1S/C12H13ClN4O/c1-16(2)11-6-12(18)17(15-7-11)8-10-5-9(13)3-4-14-10/h3-7H,8H2,1-2H3. The zero-order valence-electron chi connectivity index (χ0n) is 10.2. The van der Waals surface area contributed by atoms with Crippen molar-refractivity contribution < 1.29 is 0 Å². The van der Waals surface area contributed by atoms with Gasteiger partial charge in [0.05, 0.1) is 24.1 Å². The second kappa shape index (κ2) is 5.18. The van der Waals surface area contributed by atoms with E-state index in [4.69, 9.17) is 11.6 Å². The van der Waals surface area contributed by atoms with Crippen molar-refractivity contribution in [1.29, 1.82) is 0 Å². The van der Waals surface area contributed by atoms with E-state index in [1.807, 2.05) is 19.0 Å². The second-order valence-electron chi connectivity index (χ2n) is 4.07. The molecular weight excluding hydrogens is 252 g/mol. The summed E-state index contributed by atoms with van der Waals surface area (Å²) < 4.78 is 1.35. The van der Waals surface area contributed by atoms with Crippen molar-refractivity contribution in [3.05, 3.63) is 51.7 Å². The zero-order chi connectivity index (χ0) is 13.1. The fourth-order valence-electron chi connectivity index (χ4n) is 1.48. The van der Waals surface area contributed by atoms with Crippen LogP contribution < -0.4 is 10.5 Å². The molecule has 2 heterocycles. The van der Waals surface area contributed by atoms with Crippen molar-refractivity contribution in [3.63, 3.8) is 0 Å². The first-order chi connectivity index (χ1) is 8.56. The van der Waals surface area contributed by atoms with E-state index in [1.165, 1.54) is 10.7 Å². The maximum absolute atomic E-state index is 11.8. The highest BCUT2D eigenvalue weighted by Crippen LogP contribution is 2.09. The minimum atomic E-state index is -0.164. The Balaban J connectivity index is 2.28. The molecule has 0 saturated heterocycles. The number of pyridine rings is 1. The predicted octanol–water partition coefficient (Wildman–Crippen LogP) is 1.41. The number of anilines is 1. The van der Waals surface area contributed by atoms with E-state index in [9.17, 15) is 4.79 Å². The Kier molecular flexibility index (Phi) is 3.62. The molecule has 94 valence electrons. The topological polar surface area (TPSA) is 51.0 Å². The fourth-order valence-corrected chi connectivity index (χ4v) is 1.66. The number of halogens is 1. The average Bonchev–Trinajstić information content (AvgIpc) is 2.31. The maximum Gasteiger partial charge on any atom is 0.269 e. The van der Waals surface area contributed by atoms with Crippen LogP contribution in [0.1, 0.15) is 5.69 Å². The third-order valence-corrected chi connectivity index (χ3v) is 2.70. The lowest BCUT2D eigenvalue weighted by Gasteiger charge is -2.12. The molecule has 2 aromatic heterocycles. The maximum atomic E-state index is 11.8. The molecule has 2 aromatic rings. The molecule has 0 aliphatic heterocycles. The first-order valence-corrected chi connectivity index (χ1v) is 5.79. The SMILES string of the molecule is CN(C)c1cnn(Cc2cc(Cl)ccn2)c(=O)c1. The molecule has 0 saturated carbocycles. The third-order valence-electron chi connectivity index (χ3n) is 2.46. The summed E-state index contributed by atoms with van der Waals surface area (Å²) in [7, 11) is 3.72. The minimum absolute atomic E-state index is 0.164. The zero-order valence-corrected chi connectivity index (χ0v) is 10.9. The van der Waals surface area contributed by atoms with Crippen LogP contribution in [-0.4, -0.2) is 28.9 Å². The van der Waals surface area contributed by atoms with Gasteiger partial charge in [0, 0.05) is 31.4 Å². The highest BCUT2D eigenvalue weighted by molar-refractivity contribution is 6.30. The van der Waals surface area contributed by atoms with Gasteiger partial charge in [0.15, 0.2) is 0 Å². The molecule has 6 heteroatoms. The van der Waals surface area contributed by atoms with Gasteiger partial charge in [-0.05, 0) is 12.1 Å². The Labute approximate surface area is 110 Å². The predicted molar refractivity (Wildman–Crippen MR) is 71.2 cm³/mol. The molecule has 0 aliphatic rings. The molecule has 0 amide bonds. The van der Waals surface area contributed by atoms with Crippen LogP contribution in [0.4, 0.5) is 5.69 Å². The normalized spacial score (nSPS) is 10.4. The number of rotatable bonds is 3. The summed E-state index contributed by atoms with van der Waals surface area (Å²) in [6.45, 7) is 0.313. The Hall–Kier alpha value is -1.88. The average molecular weight is 265 g/mol. The Morgan fingerprint density at radius 1 is 1.39 bits per heavy atom. The van der Waals surface area contributed by atoms with Crippen LogP contribution in [0.3, 0.4) is 0 Å². The van der Waals surface area contributed by atoms with E-state index in [-0.39, 0.29) is 5.56 Å². The van der Waals surface area contributed by atoms with Crippen LogP contribution in [0.15, 0.2) is 35.4 Å². The van der Waals surface area contributed by atoms with Gasteiger partial charge < -0.3 is 4.90 Å². The first-order valence-electron chi connectivity index (χ1n) is 5.41. The minimum Gasteiger partial charge on any atom is -0.376 e. The van der Waals surface area contributed by atoms with Gasteiger partial charge in [0.2, 0.25) is 0 Å². The highest BCUT2D eigenvalue weighted by atomic mass is 35.5. The second-order valence-corrected chi connectivity index (χ2v) is 4.51. The first kappa shape index (κ1) is 12.6. The summed E-state index contributed by atoms with van der Waals surface area (Å²) in [5.41, 5.74) is 1.31. The van der Waals surface area contributed by atoms with Crippen molar-refractivity contribution in [1.82, 2.24) is 14.8 Å². The third kappa shape index (κ3) is 2.87. The van der Waals surface area contributed by atoms with E-state index in [1.54, 1.807) is 24.5 Å². The summed E-state index contributed by atoms with van der Waals surface area (Å²) in [4.78, 5) is 17.8. The van der Waals surface area contributed by atoms with E-state index >= 15 is 0 Å². The number of aromatic nitrogens is 3. The van der Waals surface area contributed by atoms with Crippen LogP contribution >= 0.6 is 11.6 Å². The van der Waals surface area contributed by atoms with Gasteiger partial charge in [-0.25, -0.2) is 4.68 Å². The Bertz CT molecular complexity index is 609. The van der Waals surface area contributed by atoms with Crippen molar-refractivity contribution in [2.75, 3.05) is 19.0 Å². The number of hydrogen-bond acceptors (Lipinski definition) is 4. The van der Waals surface area contributed by atoms with Crippen LogP contribution in [0.5, 0.6) is 0 Å². The lowest BCUT2D eigenvalue weighted by molar-refractivity contribution is 0.627. The lowest BCUT2D eigenvalue weighted by atomic mass is 10.3. The van der Waals surface area contributed by atoms with Crippen LogP contribution in [-0.2, 0) is 6.54 Å². The summed E-state index contributed by atoms with van der Waals surface area (Å²) in [5.74, 6) is 0. The van der Waals surface area contributed by atoms with Gasteiger partial charge in [0.1, 0.15) is 0 Å². The number of nitrogens with zero attached hydrogens (tertiary/aromatic N) is 4. The lowest BCUT2D eigenvalue weighted by Crippen LogP contribution is -2.24. The quantitative estimate of drug-likeness (QED) is 0.841. The highest BCUT2D eigenvalue weighted by Gasteiger charge is 2.03. The molecule has 0 atom stereocenters. The summed E-state index contributed by atoms with van der Waals surface area (Å²) in [5, 5.41) is 4.70. The summed E-state index contributed by atoms with van der Waals surface area (Å²) in [6.07, 6.45) is 3.25. The van der Waals surface area contributed by atoms with E-state index in [0.29, 0.717) is 17.3 Å². The number of hydrogen-bond donors (Lipinski definition) is 0. The molecule has 0 spiro atoms. The molecule has 5 nitrogen and oxygen atoms in total. The van der Waals surface area contributed by atoms with Gasteiger partial charge in [-0.3, -0.25) is 9.78 Å². The molecule has 0 unspecified atom stereocenters. The van der Waals surface area contributed by atoms with Crippen LogP contribution in [0.25, 0.3) is 0 Å². The molecule has 0 fully saturated rings. The van der Waals surface area contributed by atoms with Crippen molar-refractivity contribution in [2.24, 2.45) is 0 Å². The molecule has 0 N–H and O–H groups in total. The van der Waals surface area contributed by atoms with Gasteiger partial charge in [0.25, 0.3) is 5.56 Å². The summed E-state index contributed by atoms with van der Waals surface area (Å²) in [6, 6.07) is 4.95. The van der Waals surface area contributed by atoms with Gasteiger partial charge in [-0.15, -0.1) is 0 Å². The van der Waals surface area contributed by atoms with E-state index in [2.05, 4.69) is 10.1 Å². The Morgan fingerprint density at radius 2 is 2.17 bits per heavy atom.